The molecule has 19 heavy (non-hydrogen) atoms. The van der Waals surface area contributed by atoms with Gasteiger partial charge in [-0.05, 0) is 11.4 Å². The van der Waals surface area contributed by atoms with E-state index in [1.807, 2.05) is 6.07 Å². The molecule has 2 heterocycles. The van der Waals surface area contributed by atoms with Crippen molar-refractivity contribution in [1.29, 1.82) is 0 Å². The van der Waals surface area contributed by atoms with Crippen LogP contribution in [0.15, 0.2) is 21.9 Å². The number of aromatic nitrogens is 2. The van der Waals surface area contributed by atoms with Crippen LogP contribution in [-0.2, 0) is 5.75 Å². The molecule has 0 bridgehead atoms. The number of thiophene rings is 1. The first kappa shape index (κ1) is 14.3. The zero-order valence-electron chi connectivity index (χ0n) is 10.9. The number of thioether (sulfide) groups is 1. The summed E-state index contributed by atoms with van der Waals surface area (Å²) in [5.74, 6) is 0.887. The lowest BCUT2D eigenvalue weighted by molar-refractivity contribution is 0.225. The Hall–Kier alpha value is -1.12. The van der Waals surface area contributed by atoms with Gasteiger partial charge in [0.1, 0.15) is 0 Å². The predicted octanol–water partition coefficient (Wildman–Crippen LogP) is 3.01. The SMILES string of the molecule is CN(C)C(=O)N(C)c1nnc(SCc2cccs2)s1. The lowest BCUT2D eigenvalue weighted by Crippen LogP contribution is -2.36. The van der Waals surface area contributed by atoms with Crippen molar-refractivity contribution < 1.29 is 4.79 Å². The van der Waals surface area contributed by atoms with Crippen LogP contribution in [-0.4, -0.2) is 42.3 Å². The third kappa shape index (κ3) is 3.68. The number of rotatable bonds is 4. The Morgan fingerprint density at radius 2 is 2.16 bits per heavy atom. The van der Waals surface area contributed by atoms with Gasteiger partial charge >= 0.3 is 6.03 Å². The molecule has 2 rings (SSSR count). The van der Waals surface area contributed by atoms with Crippen LogP contribution < -0.4 is 4.90 Å². The molecule has 8 heteroatoms. The summed E-state index contributed by atoms with van der Waals surface area (Å²) < 4.78 is 0.877. The van der Waals surface area contributed by atoms with Crippen LogP contribution in [0.4, 0.5) is 9.93 Å². The second-order valence-corrected chi connectivity index (χ2v) is 7.17. The van der Waals surface area contributed by atoms with Gasteiger partial charge in [0.05, 0.1) is 0 Å². The standard InChI is InChI=1S/C11H14N4OS3/c1-14(2)11(16)15(3)9-12-13-10(19-9)18-7-8-5-4-6-17-8/h4-6H,7H2,1-3H3. The van der Waals surface area contributed by atoms with Gasteiger partial charge in [0.2, 0.25) is 5.13 Å². The summed E-state index contributed by atoms with van der Waals surface area (Å²) in [4.78, 5) is 16.1. The molecule has 0 aliphatic rings. The first-order valence-corrected chi connectivity index (χ1v) is 8.20. The fourth-order valence-corrected chi connectivity index (χ4v) is 3.87. The third-order valence-electron chi connectivity index (χ3n) is 2.27. The maximum absolute atomic E-state index is 11.8. The van der Waals surface area contributed by atoms with Crippen LogP contribution in [0.5, 0.6) is 0 Å². The summed E-state index contributed by atoms with van der Waals surface area (Å²) in [7, 11) is 5.13. The van der Waals surface area contributed by atoms with E-state index in [2.05, 4.69) is 21.6 Å². The molecule has 0 saturated heterocycles. The monoisotopic (exact) mass is 314 g/mol. The van der Waals surface area contributed by atoms with Crippen molar-refractivity contribution in [1.82, 2.24) is 15.1 Å². The van der Waals surface area contributed by atoms with E-state index in [4.69, 9.17) is 0 Å². The van der Waals surface area contributed by atoms with Crippen LogP contribution in [0, 0.1) is 0 Å². The van der Waals surface area contributed by atoms with Crippen LogP contribution in [0.2, 0.25) is 0 Å². The second kappa shape index (κ2) is 6.36. The summed E-state index contributed by atoms with van der Waals surface area (Å²) in [6.45, 7) is 0. The zero-order chi connectivity index (χ0) is 13.8. The normalized spacial score (nSPS) is 10.5. The number of urea groups is 1. The number of anilines is 1. The molecule has 2 aromatic heterocycles. The van der Waals surface area contributed by atoms with Gasteiger partial charge in [-0.1, -0.05) is 29.2 Å². The molecule has 0 N–H and O–H groups in total. The Kier molecular flexibility index (Phi) is 4.78. The van der Waals surface area contributed by atoms with E-state index in [0.717, 1.165) is 10.1 Å². The second-order valence-electron chi connectivity index (χ2n) is 3.95. The molecule has 0 aromatic carbocycles. The molecule has 102 valence electrons. The van der Waals surface area contributed by atoms with Crippen molar-refractivity contribution in [2.75, 3.05) is 26.0 Å². The molecule has 0 aliphatic heterocycles. The molecule has 0 atom stereocenters. The average Bonchev–Trinajstić information content (AvgIpc) is 3.05. The van der Waals surface area contributed by atoms with E-state index in [1.165, 1.54) is 26.0 Å². The molecule has 0 unspecified atom stereocenters. The van der Waals surface area contributed by atoms with Crippen molar-refractivity contribution in [3.8, 4) is 0 Å². The van der Waals surface area contributed by atoms with Gasteiger partial charge in [-0.3, -0.25) is 4.90 Å². The molecule has 2 aromatic rings. The minimum Gasteiger partial charge on any atom is -0.330 e. The third-order valence-corrected chi connectivity index (χ3v) is 5.51. The molecule has 0 saturated carbocycles. The lowest BCUT2D eigenvalue weighted by atomic mass is 10.5. The summed E-state index contributed by atoms with van der Waals surface area (Å²) in [6, 6.07) is 4.03. The number of nitrogens with zero attached hydrogens (tertiary/aromatic N) is 4. The largest absolute Gasteiger partial charge is 0.330 e. The fourth-order valence-electron chi connectivity index (χ4n) is 1.31. The fraction of sp³-hybridized carbons (Fsp3) is 0.364. The minimum atomic E-state index is -0.106. The Labute approximate surface area is 124 Å². The Morgan fingerprint density at radius 1 is 1.37 bits per heavy atom. The summed E-state index contributed by atoms with van der Waals surface area (Å²) >= 11 is 4.80. The van der Waals surface area contributed by atoms with E-state index in [0.29, 0.717) is 5.13 Å². The average molecular weight is 314 g/mol. The molecule has 0 radical (unpaired) electrons. The van der Waals surface area contributed by atoms with Crippen LogP contribution in [0.25, 0.3) is 0 Å². The zero-order valence-corrected chi connectivity index (χ0v) is 13.3. The van der Waals surface area contributed by atoms with Gasteiger partial charge in [-0.15, -0.1) is 21.5 Å². The molecular weight excluding hydrogens is 300 g/mol. The number of hydrogen-bond acceptors (Lipinski definition) is 6. The molecular formula is C11H14N4OS3. The van der Waals surface area contributed by atoms with E-state index in [9.17, 15) is 4.79 Å². The van der Waals surface area contributed by atoms with E-state index >= 15 is 0 Å². The molecule has 0 spiro atoms. The Morgan fingerprint density at radius 3 is 2.79 bits per heavy atom. The van der Waals surface area contributed by atoms with Gasteiger partial charge in [0.25, 0.3) is 0 Å². The number of carbonyl (C=O) groups is 1. The highest BCUT2D eigenvalue weighted by Gasteiger charge is 2.17. The van der Waals surface area contributed by atoms with Gasteiger partial charge in [-0.25, -0.2) is 4.79 Å². The van der Waals surface area contributed by atoms with Crippen LogP contribution in [0.1, 0.15) is 4.88 Å². The molecule has 0 fully saturated rings. The Balaban J connectivity index is 1.97. The highest BCUT2D eigenvalue weighted by Crippen LogP contribution is 2.30. The first-order chi connectivity index (χ1) is 9.08. The van der Waals surface area contributed by atoms with Crippen LogP contribution in [0.3, 0.4) is 0 Å². The first-order valence-electron chi connectivity index (χ1n) is 5.51. The van der Waals surface area contributed by atoms with Gasteiger partial charge in [0.15, 0.2) is 4.34 Å². The minimum absolute atomic E-state index is 0.106. The molecule has 0 aliphatic carbocycles. The van der Waals surface area contributed by atoms with Gasteiger partial charge in [-0.2, -0.15) is 0 Å². The highest BCUT2D eigenvalue weighted by atomic mass is 32.2. The quantitative estimate of drug-likeness (QED) is 0.643. The molecule has 2 amide bonds. The lowest BCUT2D eigenvalue weighted by Gasteiger charge is -2.18. The van der Waals surface area contributed by atoms with Crippen molar-refractivity contribution in [3.05, 3.63) is 22.4 Å². The number of carbonyl (C=O) groups excluding carboxylic acids is 1. The predicted molar refractivity (Wildman–Crippen MR) is 81.3 cm³/mol. The van der Waals surface area contributed by atoms with E-state index < -0.39 is 0 Å². The number of amides is 2. The van der Waals surface area contributed by atoms with Crippen LogP contribution >= 0.6 is 34.4 Å². The van der Waals surface area contributed by atoms with Crippen molar-refractivity contribution >= 4 is 45.6 Å². The highest BCUT2D eigenvalue weighted by molar-refractivity contribution is 8.00. The van der Waals surface area contributed by atoms with E-state index in [1.54, 1.807) is 44.2 Å². The van der Waals surface area contributed by atoms with Crippen molar-refractivity contribution in [2.24, 2.45) is 0 Å². The topological polar surface area (TPSA) is 49.3 Å². The summed E-state index contributed by atoms with van der Waals surface area (Å²) in [5.41, 5.74) is 0. The maximum Gasteiger partial charge on any atom is 0.325 e. The number of hydrogen-bond donors (Lipinski definition) is 0. The van der Waals surface area contributed by atoms with Gasteiger partial charge in [0, 0.05) is 31.8 Å². The summed E-state index contributed by atoms with van der Waals surface area (Å²) in [6.07, 6.45) is 0. The smallest absolute Gasteiger partial charge is 0.325 e. The van der Waals surface area contributed by atoms with Crippen molar-refractivity contribution in [2.45, 2.75) is 10.1 Å². The molecule has 5 nitrogen and oxygen atoms in total. The van der Waals surface area contributed by atoms with Crippen molar-refractivity contribution in [3.63, 3.8) is 0 Å². The van der Waals surface area contributed by atoms with E-state index in [-0.39, 0.29) is 6.03 Å². The summed E-state index contributed by atoms with van der Waals surface area (Å²) in [5, 5.41) is 10.8. The Bertz CT molecular complexity index is 538. The van der Waals surface area contributed by atoms with Gasteiger partial charge < -0.3 is 4.90 Å². The maximum atomic E-state index is 11.8.